The van der Waals surface area contributed by atoms with Crippen LogP contribution in [0.25, 0.3) is 0 Å². The lowest BCUT2D eigenvalue weighted by molar-refractivity contribution is -0.387. The van der Waals surface area contributed by atoms with E-state index in [-0.39, 0.29) is 0 Å². The maximum Gasteiger partial charge on any atom is 0.307 e. The minimum absolute atomic E-state index is 0.365. The molecule has 0 N–H and O–H groups in total. The van der Waals surface area contributed by atoms with E-state index in [9.17, 15) is 23.3 Å². The van der Waals surface area contributed by atoms with Crippen molar-refractivity contribution in [2.75, 3.05) is 0 Å². The second kappa shape index (κ2) is 3.42. The molecule has 1 aromatic carbocycles. The van der Waals surface area contributed by atoms with Gasteiger partial charge in [-0.05, 0) is 6.07 Å². The Bertz CT molecular complexity index is 354. The summed E-state index contributed by atoms with van der Waals surface area (Å²) >= 11 is 0. The minimum Gasteiger partial charge on any atom is -0.258 e. The average Bonchev–Trinajstić information content (AvgIpc) is 2.07. The molecule has 0 bridgehead atoms. The molecule has 0 saturated carbocycles. The average molecular weight is 191 g/mol. The van der Waals surface area contributed by atoms with E-state index in [1.165, 1.54) is 0 Å². The van der Waals surface area contributed by atoms with Gasteiger partial charge in [-0.25, -0.2) is 8.78 Å². The molecule has 0 radical (unpaired) electrons. The number of nitrogens with zero attached hydrogens (tertiary/aromatic N) is 1. The monoisotopic (exact) mass is 191 g/mol. The van der Waals surface area contributed by atoms with Crippen LogP contribution in [0.5, 0.6) is 0 Å². The minimum atomic E-state index is -1.24. The molecule has 0 spiro atoms. The smallest absolute Gasteiger partial charge is 0.258 e. The lowest BCUT2D eigenvalue weighted by Crippen LogP contribution is -1.96. The molecule has 3 nitrogen and oxygen atoms in total. The van der Waals surface area contributed by atoms with Crippen LogP contribution in [0.2, 0.25) is 0 Å². The third-order valence-electron chi connectivity index (χ3n) is 1.46. The molecule has 0 fully saturated rings. The van der Waals surface area contributed by atoms with Crippen LogP contribution >= 0.6 is 0 Å². The third kappa shape index (κ3) is 1.77. The van der Waals surface area contributed by atoms with Crippen LogP contribution < -0.4 is 0 Å². The van der Waals surface area contributed by atoms with Gasteiger partial charge in [0.2, 0.25) is 5.82 Å². The van der Waals surface area contributed by atoms with Crippen molar-refractivity contribution in [3.8, 4) is 0 Å². The van der Waals surface area contributed by atoms with Crippen molar-refractivity contribution >= 4 is 5.69 Å². The van der Waals surface area contributed by atoms with Gasteiger partial charge in [-0.2, -0.15) is 4.39 Å². The van der Waals surface area contributed by atoms with Crippen LogP contribution in [-0.4, -0.2) is 4.92 Å². The summed E-state index contributed by atoms with van der Waals surface area (Å²) in [7, 11) is 0. The Balaban J connectivity index is 3.28. The van der Waals surface area contributed by atoms with Crippen molar-refractivity contribution < 1.29 is 18.1 Å². The SMILES string of the molecule is O=[N+]([O-])c1cc(F)c(CF)cc1F. The molecule has 6 heteroatoms. The van der Waals surface area contributed by atoms with Gasteiger partial charge in [-0.3, -0.25) is 10.1 Å². The Morgan fingerprint density at radius 2 is 1.92 bits per heavy atom. The predicted molar refractivity (Wildman–Crippen MR) is 37.8 cm³/mol. The molecular weight excluding hydrogens is 187 g/mol. The number of nitro groups is 1. The lowest BCUT2D eigenvalue weighted by Gasteiger charge is -1.98. The molecular formula is C7H4F3NO2. The van der Waals surface area contributed by atoms with Gasteiger partial charge in [0, 0.05) is 5.56 Å². The zero-order valence-electron chi connectivity index (χ0n) is 6.26. The van der Waals surface area contributed by atoms with E-state index in [0.717, 1.165) is 0 Å². The van der Waals surface area contributed by atoms with Crippen molar-refractivity contribution in [3.05, 3.63) is 39.4 Å². The highest BCUT2D eigenvalue weighted by molar-refractivity contribution is 5.35. The highest BCUT2D eigenvalue weighted by Crippen LogP contribution is 2.21. The Hall–Kier alpha value is -1.59. The van der Waals surface area contributed by atoms with Gasteiger partial charge in [0.15, 0.2) is 0 Å². The first kappa shape index (κ1) is 9.50. The van der Waals surface area contributed by atoms with E-state index in [1.54, 1.807) is 0 Å². The van der Waals surface area contributed by atoms with Crippen molar-refractivity contribution in [1.29, 1.82) is 0 Å². The maximum absolute atomic E-state index is 12.7. The summed E-state index contributed by atoms with van der Waals surface area (Å²) < 4.78 is 37.3. The van der Waals surface area contributed by atoms with Gasteiger partial charge in [-0.1, -0.05) is 0 Å². The summed E-state index contributed by atoms with van der Waals surface area (Å²) in [4.78, 5) is 9.01. The zero-order valence-corrected chi connectivity index (χ0v) is 6.26. The summed E-state index contributed by atoms with van der Waals surface area (Å²) in [5.41, 5.74) is -1.52. The number of alkyl halides is 1. The molecule has 0 heterocycles. The first-order chi connectivity index (χ1) is 6.06. The Morgan fingerprint density at radius 3 is 2.38 bits per heavy atom. The van der Waals surface area contributed by atoms with Crippen molar-refractivity contribution in [2.24, 2.45) is 0 Å². The van der Waals surface area contributed by atoms with Crippen LogP contribution in [-0.2, 0) is 6.67 Å². The lowest BCUT2D eigenvalue weighted by atomic mass is 10.2. The zero-order chi connectivity index (χ0) is 10.0. The standard InChI is InChI=1S/C7H4F3NO2/c8-3-4-1-6(10)7(11(12)13)2-5(4)9/h1-2H,3H2. The maximum atomic E-state index is 12.7. The molecule has 1 rings (SSSR count). The molecule has 0 aromatic heterocycles. The van der Waals surface area contributed by atoms with Crippen LogP contribution in [0.15, 0.2) is 12.1 Å². The summed E-state index contributed by atoms with van der Waals surface area (Å²) in [6.07, 6.45) is 0. The second-order valence-corrected chi connectivity index (χ2v) is 2.29. The van der Waals surface area contributed by atoms with Crippen molar-refractivity contribution in [3.63, 3.8) is 0 Å². The molecule has 0 aliphatic carbocycles. The highest BCUT2D eigenvalue weighted by atomic mass is 19.1. The largest absolute Gasteiger partial charge is 0.307 e. The van der Waals surface area contributed by atoms with E-state index in [0.29, 0.717) is 12.1 Å². The molecule has 0 amide bonds. The fourth-order valence-electron chi connectivity index (χ4n) is 0.820. The van der Waals surface area contributed by atoms with Gasteiger partial charge in [0.05, 0.1) is 11.0 Å². The number of halogens is 3. The van der Waals surface area contributed by atoms with Gasteiger partial charge in [0.25, 0.3) is 0 Å². The molecule has 0 atom stereocenters. The molecule has 0 unspecified atom stereocenters. The van der Waals surface area contributed by atoms with E-state index in [4.69, 9.17) is 0 Å². The Kier molecular flexibility index (Phi) is 2.50. The van der Waals surface area contributed by atoms with Crippen LogP contribution in [0, 0.1) is 21.7 Å². The van der Waals surface area contributed by atoms with Crippen molar-refractivity contribution in [1.82, 2.24) is 0 Å². The van der Waals surface area contributed by atoms with Gasteiger partial charge in [0.1, 0.15) is 12.5 Å². The summed E-state index contributed by atoms with van der Waals surface area (Å²) in [5, 5.41) is 10.1. The molecule has 70 valence electrons. The first-order valence-corrected chi connectivity index (χ1v) is 3.24. The molecule has 0 saturated heterocycles. The van der Waals surface area contributed by atoms with Gasteiger partial charge in [-0.15, -0.1) is 0 Å². The van der Waals surface area contributed by atoms with E-state index >= 15 is 0 Å². The third-order valence-corrected chi connectivity index (χ3v) is 1.46. The number of benzene rings is 1. The van der Waals surface area contributed by atoms with E-state index in [1.807, 2.05) is 0 Å². The van der Waals surface area contributed by atoms with Crippen LogP contribution in [0.1, 0.15) is 5.56 Å². The van der Waals surface area contributed by atoms with E-state index in [2.05, 4.69) is 0 Å². The Morgan fingerprint density at radius 1 is 1.31 bits per heavy atom. The normalized spacial score (nSPS) is 10.1. The molecule has 13 heavy (non-hydrogen) atoms. The molecule has 0 aliphatic heterocycles. The highest BCUT2D eigenvalue weighted by Gasteiger charge is 2.17. The summed E-state index contributed by atoms with van der Waals surface area (Å²) in [6, 6.07) is 0.845. The number of rotatable bonds is 2. The van der Waals surface area contributed by atoms with Crippen LogP contribution in [0.4, 0.5) is 18.9 Å². The summed E-state index contributed by atoms with van der Waals surface area (Å²) in [5.74, 6) is -2.35. The number of hydrogen-bond donors (Lipinski definition) is 0. The van der Waals surface area contributed by atoms with Gasteiger partial charge >= 0.3 is 5.69 Å². The number of hydrogen-bond acceptors (Lipinski definition) is 2. The predicted octanol–water partition coefficient (Wildman–Crippen LogP) is 2.34. The van der Waals surface area contributed by atoms with Gasteiger partial charge < -0.3 is 0 Å². The fourth-order valence-corrected chi connectivity index (χ4v) is 0.820. The molecule has 1 aromatic rings. The second-order valence-electron chi connectivity index (χ2n) is 2.29. The summed E-state index contributed by atoms with van der Waals surface area (Å²) in [6.45, 7) is -1.19. The Labute approximate surface area is 70.9 Å². The van der Waals surface area contributed by atoms with Crippen molar-refractivity contribution in [2.45, 2.75) is 6.67 Å². The fraction of sp³-hybridized carbons (Fsp3) is 0.143. The first-order valence-electron chi connectivity index (χ1n) is 3.24. The molecule has 0 aliphatic rings. The number of nitro benzene ring substituents is 1. The quantitative estimate of drug-likeness (QED) is 0.531. The van der Waals surface area contributed by atoms with E-state index < -0.39 is 34.5 Å². The van der Waals surface area contributed by atoms with Crippen LogP contribution in [0.3, 0.4) is 0 Å². The topological polar surface area (TPSA) is 43.1 Å².